The Morgan fingerprint density at radius 1 is 1.09 bits per heavy atom. The third kappa shape index (κ3) is 4.67. The first kappa shape index (κ1) is 23.1. The summed E-state index contributed by atoms with van der Waals surface area (Å²) in [5, 5.41) is 7.91. The van der Waals surface area contributed by atoms with Crippen LogP contribution in [0.5, 0.6) is 5.75 Å². The molecule has 0 bridgehead atoms. The Bertz CT molecular complexity index is 1280. The van der Waals surface area contributed by atoms with Crippen LogP contribution in [-0.2, 0) is 11.3 Å². The second-order valence-corrected chi connectivity index (χ2v) is 8.65. The number of rotatable bonds is 8. The van der Waals surface area contributed by atoms with Gasteiger partial charge in [-0.05, 0) is 18.6 Å². The molecule has 4 aromatic rings. The fourth-order valence-electron chi connectivity index (χ4n) is 4.84. The standard InChI is InChI=1S/C27H30N4O4/c1-19-24(27(32)29-25(22-11-12-28-35-22)20-7-4-3-5-8-20)21-9-6-10-23(33-2)26(21)31(19)14-13-30-15-17-34-18-16-30/h3-12,25H,13-18H2,1-2H3,(H,29,32)/t25-/m0/s1. The summed E-state index contributed by atoms with van der Waals surface area (Å²) in [5.41, 5.74) is 3.40. The van der Waals surface area contributed by atoms with Crippen LogP contribution in [0.3, 0.4) is 0 Å². The highest BCUT2D eigenvalue weighted by Gasteiger charge is 2.27. The summed E-state index contributed by atoms with van der Waals surface area (Å²) in [6.45, 7) is 6.96. The van der Waals surface area contributed by atoms with Gasteiger partial charge in [0, 0.05) is 43.3 Å². The van der Waals surface area contributed by atoms with Crippen LogP contribution >= 0.6 is 0 Å². The van der Waals surface area contributed by atoms with Crippen molar-refractivity contribution in [3.8, 4) is 5.75 Å². The number of carbonyl (C=O) groups excluding carboxylic acids is 1. The van der Waals surface area contributed by atoms with E-state index in [1.165, 1.54) is 0 Å². The normalized spacial score (nSPS) is 15.3. The Morgan fingerprint density at radius 2 is 1.89 bits per heavy atom. The molecule has 3 heterocycles. The van der Waals surface area contributed by atoms with E-state index in [1.807, 2.05) is 55.5 Å². The number of fused-ring (bicyclic) bond motifs is 1. The minimum Gasteiger partial charge on any atom is -0.495 e. The lowest BCUT2D eigenvalue weighted by Gasteiger charge is -2.27. The van der Waals surface area contributed by atoms with Crippen molar-refractivity contribution in [2.45, 2.75) is 19.5 Å². The Kier molecular flexibility index (Phi) is 6.83. The van der Waals surface area contributed by atoms with Crippen LogP contribution in [0.25, 0.3) is 10.9 Å². The van der Waals surface area contributed by atoms with Crippen LogP contribution in [0.15, 0.2) is 65.3 Å². The van der Waals surface area contributed by atoms with Gasteiger partial charge in [0.1, 0.15) is 11.8 Å². The van der Waals surface area contributed by atoms with E-state index in [0.29, 0.717) is 11.3 Å². The highest BCUT2D eigenvalue weighted by molar-refractivity contribution is 6.10. The lowest BCUT2D eigenvalue weighted by atomic mass is 10.0. The number of hydrogen-bond acceptors (Lipinski definition) is 6. The molecule has 0 radical (unpaired) electrons. The molecule has 2 aromatic heterocycles. The van der Waals surface area contributed by atoms with Crippen LogP contribution < -0.4 is 10.1 Å². The number of nitrogens with one attached hydrogen (secondary N) is 1. The van der Waals surface area contributed by atoms with Crippen molar-refractivity contribution in [1.29, 1.82) is 0 Å². The fraction of sp³-hybridized carbons (Fsp3) is 0.333. The molecule has 0 spiro atoms. The van der Waals surface area contributed by atoms with Gasteiger partial charge in [0.2, 0.25) is 0 Å². The lowest BCUT2D eigenvalue weighted by molar-refractivity contribution is 0.0365. The number of carbonyl (C=O) groups is 1. The van der Waals surface area contributed by atoms with E-state index in [2.05, 4.69) is 19.9 Å². The van der Waals surface area contributed by atoms with Gasteiger partial charge < -0.3 is 23.9 Å². The molecule has 1 fully saturated rings. The van der Waals surface area contributed by atoms with Crippen LogP contribution in [-0.4, -0.2) is 60.5 Å². The monoisotopic (exact) mass is 474 g/mol. The molecule has 8 nitrogen and oxygen atoms in total. The molecular formula is C27H30N4O4. The van der Waals surface area contributed by atoms with Crippen molar-refractivity contribution in [1.82, 2.24) is 19.9 Å². The van der Waals surface area contributed by atoms with Crippen LogP contribution in [0.4, 0.5) is 0 Å². The molecule has 0 aliphatic carbocycles. The maximum Gasteiger partial charge on any atom is 0.254 e. The first-order chi connectivity index (χ1) is 17.2. The SMILES string of the molecule is COc1cccc2c(C(=O)N[C@@H](c3ccccc3)c3ccno3)c(C)n(CCN3CCOCC3)c12. The first-order valence-electron chi connectivity index (χ1n) is 11.9. The van der Waals surface area contributed by atoms with Gasteiger partial charge in [-0.2, -0.15) is 0 Å². The molecule has 1 amide bonds. The molecule has 0 unspecified atom stereocenters. The predicted molar refractivity (Wildman–Crippen MR) is 133 cm³/mol. The van der Waals surface area contributed by atoms with Crippen LogP contribution in [0.2, 0.25) is 0 Å². The zero-order chi connectivity index (χ0) is 24.2. The molecule has 2 aromatic carbocycles. The minimum atomic E-state index is -0.456. The van der Waals surface area contributed by atoms with Crippen molar-refractivity contribution in [2.24, 2.45) is 0 Å². The molecule has 1 saturated heterocycles. The summed E-state index contributed by atoms with van der Waals surface area (Å²) in [7, 11) is 1.67. The quantitative estimate of drug-likeness (QED) is 0.418. The third-order valence-corrected chi connectivity index (χ3v) is 6.65. The first-order valence-corrected chi connectivity index (χ1v) is 11.9. The predicted octanol–water partition coefficient (Wildman–Crippen LogP) is 3.80. The summed E-state index contributed by atoms with van der Waals surface area (Å²) >= 11 is 0. The number of benzene rings is 2. The third-order valence-electron chi connectivity index (χ3n) is 6.65. The summed E-state index contributed by atoms with van der Waals surface area (Å²) in [5.74, 6) is 1.16. The molecule has 1 N–H and O–H groups in total. The van der Waals surface area contributed by atoms with Gasteiger partial charge in [-0.25, -0.2) is 0 Å². The number of morpholine rings is 1. The van der Waals surface area contributed by atoms with Crippen molar-refractivity contribution in [2.75, 3.05) is 40.0 Å². The number of para-hydroxylation sites is 1. The number of nitrogens with zero attached hydrogens (tertiary/aromatic N) is 3. The molecule has 1 atom stereocenters. The number of amides is 1. The van der Waals surface area contributed by atoms with Gasteiger partial charge in [-0.15, -0.1) is 0 Å². The van der Waals surface area contributed by atoms with E-state index in [9.17, 15) is 4.79 Å². The van der Waals surface area contributed by atoms with E-state index < -0.39 is 6.04 Å². The second-order valence-electron chi connectivity index (χ2n) is 8.65. The molecule has 0 saturated carbocycles. The minimum absolute atomic E-state index is 0.170. The topological polar surface area (TPSA) is 81.8 Å². The number of aromatic nitrogens is 2. The molecule has 182 valence electrons. The number of methoxy groups -OCH3 is 1. The van der Waals surface area contributed by atoms with E-state index >= 15 is 0 Å². The highest BCUT2D eigenvalue weighted by atomic mass is 16.5. The zero-order valence-corrected chi connectivity index (χ0v) is 20.1. The number of hydrogen-bond donors (Lipinski definition) is 1. The molecule has 1 aliphatic rings. The van der Waals surface area contributed by atoms with Crippen molar-refractivity contribution in [3.05, 3.63) is 83.4 Å². The van der Waals surface area contributed by atoms with Crippen LogP contribution in [0, 0.1) is 6.92 Å². The van der Waals surface area contributed by atoms with Gasteiger partial charge in [-0.3, -0.25) is 9.69 Å². The molecule has 5 rings (SSSR count). The van der Waals surface area contributed by atoms with Crippen molar-refractivity contribution >= 4 is 16.8 Å². The number of ether oxygens (including phenoxy) is 2. The van der Waals surface area contributed by atoms with Gasteiger partial charge in [0.05, 0.1) is 37.6 Å². The van der Waals surface area contributed by atoms with E-state index in [0.717, 1.165) is 67.3 Å². The van der Waals surface area contributed by atoms with Crippen molar-refractivity contribution in [3.63, 3.8) is 0 Å². The summed E-state index contributed by atoms with van der Waals surface area (Å²) in [6.07, 6.45) is 1.59. The average molecular weight is 475 g/mol. The largest absolute Gasteiger partial charge is 0.495 e. The Labute approximate surface area is 204 Å². The van der Waals surface area contributed by atoms with E-state index in [4.69, 9.17) is 14.0 Å². The maximum absolute atomic E-state index is 13.8. The highest BCUT2D eigenvalue weighted by Crippen LogP contribution is 2.34. The Hall–Kier alpha value is -3.62. The van der Waals surface area contributed by atoms with E-state index in [-0.39, 0.29) is 5.91 Å². The van der Waals surface area contributed by atoms with Gasteiger partial charge >= 0.3 is 0 Å². The Balaban J connectivity index is 1.51. The smallest absolute Gasteiger partial charge is 0.254 e. The molecule has 1 aliphatic heterocycles. The summed E-state index contributed by atoms with van der Waals surface area (Å²) < 4.78 is 18.8. The Morgan fingerprint density at radius 3 is 2.60 bits per heavy atom. The fourth-order valence-corrected chi connectivity index (χ4v) is 4.84. The van der Waals surface area contributed by atoms with E-state index in [1.54, 1.807) is 19.4 Å². The second kappa shape index (κ2) is 10.3. The van der Waals surface area contributed by atoms with Gasteiger partial charge in [-0.1, -0.05) is 47.6 Å². The maximum atomic E-state index is 13.8. The van der Waals surface area contributed by atoms with Gasteiger partial charge in [0.15, 0.2) is 5.76 Å². The summed E-state index contributed by atoms with van der Waals surface area (Å²) in [4.78, 5) is 16.2. The van der Waals surface area contributed by atoms with Gasteiger partial charge in [0.25, 0.3) is 5.91 Å². The molecule has 8 heteroatoms. The van der Waals surface area contributed by atoms with Crippen molar-refractivity contribution < 1.29 is 18.8 Å². The summed E-state index contributed by atoms with van der Waals surface area (Å²) in [6, 6.07) is 16.9. The lowest BCUT2D eigenvalue weighted by Crippen LogP contribution is -2.38. The molecule has 35 heavy (non-hydrogen) atoms. The zero-order valence-electron chi connectivity index (χ0n) is 20.1. The van der Waals surface area contributed by atoms with Crippen LogP contribution in [0.1, 0.15) is 33.4 Å². The average Bonchev–Trinajstić information content (AvgIpc) is 3.53. The molecular weight excluding hydrogens is 444 g/mol.